The van der Waals surface area contributed by atoms with E-state index >= 15 is 13.2 Å². The molecule has 0 bridgehead atoms. The minimum Gasteiger partial charge on any atom is -0.483 e. The number of hydrogen-bond donors (Lipinski definition) is 2. The fourth-order valence-electron chi connectivity index (χ4n) is 6.22. The van der Waals surface area contributed by atoms with Crippen LogP contribution in [-0.4, -0.2) is 55.0 Å². The molecule has 0 aliphatic carbocycles. The van der Waals surface area contributed by atoms with Crippen LogP contribution >= 0.6 is 11.6 Å². The van der Waals surface area contributed by atoms with Crippen molar-refractivity contribution in [3.8, 4) is 41.3 Å². The number of halogens is 6. The SMILES string of the molecule is C#Cc1c(F)ccc2cc(N)cc(-c3c(Cl)c4c5c(nc(OC)nc5c3F)N(CC(C#N)CC)C(F)(F)CO4)c12.CCC(F)CC1CCCN1. The number of rotatable bonds is 8. The molecule has 3 atom stereocenters. The molecule has 0 radical (unpaired) electrons. The maximum Gasteiger partial charge on any atom is 0.360 e. The molecule has 0 saturated carbocycles. The van der Waals surface area contributed by atoms with Crippen LogP contribution in [-0.2, 0) is 0 Å². The molecule has 3 N–H and O–H groups in total. The van der Waals surface area contributed by atoms with E-state index < -0.39 is 65.3 Å². The molecule has 6 rings (SSSR count). The molecular weight excluding hydrogens is 679 g/mol. The average molecular weight is 715 g/mol. The molecule has 1 aromatic heterocycles. The lowest BCUT2D eigenvalue weighted by atomic mass is 9.92. The zero-order chi connectivity index (χ0) is 36.3. The van der Waals surface area contributed by atoms with E-state index in [2.05, 4.69) is 21.2 Å². The van der Waals surface area contributed by atoms with Crippen LogP contribution in [0.3, 0.4) is 0 Å². The van der Waals surface area contributed by atoms with Crippen LogP contribution in [0.25, 0.3) is 32.8 Å². The van der Waals surface area contributed by atoms with Crippen LogP contribution in [0.5, 0.6) is 11.8 Å². The van der Waals surface area contributed by atoms with E-state index in [4.69, 9.17) is 33.2 Å². The molecule has 4 aromatic rings. The molecule has 3 aromatic carbocycles. The van der Waals surface area contributed by atoms with Crippen LogP contribution in [0.4, 0.5) is 33.5 Å². The van der Waals surface area contributed by atoms with Gasteiger partial charge in [-0.2, -0.15) is 24.0 Å². The van der Waals surface area contributed by atoms with Crippen LogP contribution in [0.1, 0.15) is 51.5 Å². The molecule has 0 spiro atoms. The number of methoxy groups -OCH3 is 1. The van der Waals surface area contributed by atoms with Gasteiger partial charge in [0.1, 0.15) is 17.5 Å². The average Bonchev–Trinajstić information content (AvgIpc) is 3.58. The van der Waals surface area contributed by atoms with E-state index in [0.717, 1.165) is 19.0 Å². The Bertz CT molecular complexity index is 1990. The summed E-state index contributed by atoms with van der Waals surface area (Å²) in [7, 11) is 1.19. The highest BCUT2D eigenvalue weighted by atomic mass is 35.5. The molecular formula is C36H36ClF5N6O2. The Morgan fingerprint density at radius 3 is 2.60 bits per heavy atom. The maximum atomic E-state index is 16.6. The Morgan fingerprint density at radius 1 is 1.22 bits per heavy atom. The van der Waals surface area contributed by atoms with Gasteiger partial charge < -0.3 is 20.5 Å². The van der Waals surface area contributed by atoms with Gasteiger partial charge in [0.2, 0.25) is 0 Å². The van der Waals surface area contributed by atoms with Gasteiger partial charge in [-0.25, -0.2) is 13.2 Å². The number of terminal acetylenes is 1. The molecule has 3 unspecified atom stereocenters. The molecule has 14 heteroatoms. The standard InChI is InChI=1S/C28H20ClF4N5O2.C8H16FN/c1-4-13(10-34)11-38-26-21-24(36-27(37-26)39-3)23(31)20(22(29)25(21)40-12-28(38,32)33)17-9-15(35)8-14-6-7-18(30)16(5-2)19(14)17;1-2-7(9)6-8-4-3-5-10-8/h2,6-9,13H,4,11-12,35H2,1,3H3;7-8,10H,2-6H2,1H3. The number of hydrogen-bond acceptors (Lipinski definition) is 8. The van der Waals surface area contributed by atoms with Crippen molar-refractivity contribution in [1.29, 1.82) is 5.26 Å². The Kier molecular flexibility index (Phi) is 11.1. The Morgan fingerprint density at radius 2 is 1.98 bits per heavy atom. The molecule has 3 heterocycles. The van der Waals surface area contributed by atoms with E-state index in [1.807, 2.05) is 13.0 Å². The van der Waals surface area contributed by atoms with Gasteiger partial charge in [0, 0.05) is 29.2 Å². The van der Waals surface area contributed by atoms with Gasteiger partial charge >= 0.3 is 12.1 Å². The van der Waals surface area contributed by atoms with Crippen molar-refractivity contribution in [3.63, 3.8) is 0 Å². The predicted molar refractivity (Wildman–Crippen MR) is 184 cm³/mol. The summed E-state index contributed by atoms with van der Waals surface area (Å²) in [6.45, 7) is 3.02. The summed E-state index contributed by atoms with van der Waals surface area (Å²) >= 11 is 6.72. The van der Waals surface area contributed by atoms with Gasteiger partial charge in [0.25, 0.3) is 0 Å². The van der Waals surface area contributed by atoms with E-state index in [-0.39, 0.29) is 45.3 Å². The second-order valence-corrected chi connectivity index (χ2v) is 12.5. The topological polar surface area (TPSA) is 109 Å². The summed E-state index contributed by atoms with van der Waals surface area (Å²) in [6.07, 6.45) is 9.06. The smallest absolute Gasteiger partial charge is 0.360 e. The molecule has 0 amide bonds. The van der Waals surface area contributed by atoms with E-state index in [9.17, 15) is 14.0 Å². The zero-order valence-electron chi connectivity index (χ0n) is 27.7. The third-order valence-electron chi connectivity index (χ3n) is 8.89. The van der Waals surface area contributed by atoms with E-state index in [1.165, 1.54) is 38.2 Å². The van der Waals surface area contributed by atoms with Crippen molar-refractivity contribution < 1.29 is 31.4 Å². The minimum atomic E-state index is -3.68. The van der Waals surface area contributed by atoms with Crippen LogP contribution in [0.2, 0.25) is 5.02 Å². The normalized spacial score (nSPS) is 17.6. The lowest BCUT2D eigenvalue weighted by Crippen LogP contribution is -2.48. The molecule has 264 valence electrons. The number of anilines is 2. The van der Waals surface area contributed by atoms with Gasteiger partial charge in [0.05, 0.1) is 35.1 Å². The molecule has 50 heavy (non-hydrogen) atoms. The number of nitrogens with zero attached hydrogens (tertiary/aromatic N) is 4. The van der Waals surface area contributed by atoms with Crippen molar-refractivity contribution in [3.05, 3.63) is 46.5 Å². The maximum absolute atomic E-state index is 16.6. The highest BCUT2D eigenvalue weighted by Gasteiger charge is 2.45. The number of ether oxygens (including phenoxy) is 2. The lowest BCUT2D eigenvalue weighted by molar-refractivity contribution is -0.0422. The summed E-state index contributed by atoms with van der Waals surface area (Å²) in [5, 5.41) is 12.6. The number of aromatic nitrogens is 2. The molecule has 2 aliphatic rings. The summed E-state index contributed by atoms with van der Waals surface area (Å²) in [5.74, 6) is -1.07. The zero-order valence-corrected chi connectivity index (χ0v) is 28.5. The molecule has 8 nitrogen and oxygen atoms in total. The van der Waals surface area contributed by atoms with Gasteiger partial charge in [-0.1, -0.05) is 37.4 Å². The number of benzene rings is 3. The van der Waals surface area contributed by atoms with Crippen molar-refractivity contribution in [2.75, 3.05) is 37.4 Å². The number of fused-ring (bicyclic) bond motifs is 1. The summed E-state index contributed by atoms with van der Waals surface area (Å²) in [6, 6.07) is 3.81. The van der Waals surface area contributed by atoms with Crippen molar-refractivity contribution >= 4 is 44.8 Å². The van der Waals surface area contributed by atoms with E-state index in [1.54, 1.807) is 6.92 Å². The Balaban J connectivity index is 0.000000418. The summed E-state index contributed by atoms with van der Waals surface area (Å²) in [5.41, 5.74) is 5.32. The second kappa shape index (κ2) is 15.1. The summed E-state index contributed by atoms with van der Waals surface area (Å²) in [4.78, 5) is 8.77. The highest BCUT2D eigenvalue weighted by Crippen LogP contribution is 2.51. The molecule has 1 fully saturated rings. The van der Waals surface area contributed by atoms with Crippen LogP contribution in [0, 0.1) is 41.2 Å². The first-order valence-corrected chi connectivity index (χ1v) is 16.6. The Labute approximate surface area is 291 Å². The van der Waals surface area contributed by atoms with Crippen LogP contribution in [0.15, 0.2) is 24.3 Å². The quantitative estimate of drug-likeness (QED) is 0.0815. The lowest BCUT2D eigenvalue weighted by Gasteiger charge is -2.31. The first-order chi connectivity index (χ1) is 23.9. The minimum absolute atomic E-state index is 0.00854. The number of nitrogens with two attached hydrogens (primary N) is 1. The van der Waals surface area contributed by atoms with Crippen molar-refractivity contribution in [2.24, 2.45) is 5.92 Å². The predicted octanol–water partition coefficient (Wildman–Crippen LogP) is 8.17. The fourth-order valence-corrected chi connectivity index (χ4v) is 6.56. The van der Waals surface area contributed by atoms with Crippen LogP contribution < -0.4 is 25.4 Å². The van der Waals surface area contributed by atoms with Crippen molar-refractivity contribution in [1.82, 2.24) is 15.3 Å². The highest BCUT2D eigenvalue weighted by molar-refractivity contribution is 6.37. The third kappa shape index (κ3) is 7.03. The number of nitriles is 1. The fraction of sp³-hybridized carbons (Fsp3) is 0.417. The largest absolute Gasteiger partial charge is 0.483 e. The van der Waals surface area contributed by atoms with Crippen molar-refractivity contribution in [2.45, 2.75) is 64.2 Å². The third-order valence-corrected chi connectivity index (χ3v) is 9.25. The van der Waals surface area contributed by atoms with Gasteiger partial charge in [-0.05, 0) is 67.8 Å². The monoisotopic (exact) mass is 714 g/mol. The summed E-state index contributed by atoms with van der Waals surface area (Å²) < 4.78 is 85.7. The van der Waals surface area contributed by atoms with Gasteiger partial charge in [0.15, 0.2) is 24.0 Å². The number of nitrogens with one attached hydrogen (secondary N) is 1. The Hall–Kier alpha value is -4.59. The molecule has 1 saturated heterocycles. The first kappa shape index (κ1) is 36.7. The second-order valence-electron chi connectivity index (χ2n) is 12.2. The van der Waals surface area contributed by atoms with E-state index in [0.29, 0.717) is 22.7 Å². The first-order valence-electron chi connectivity index (χ1n) is 16.2. The van der Waals surface area contributed by atoms with Gasteiger partial charge in [-0.3, -0.25) is 4.90 Å². The van der Waals surface area contributed by atoms with Gasteiger partial charge in [-0.15, -0.1) is 6.42 Å². The number of alkyl halides is 3. The molecule has 2 aliphatic heterocycles. The number of nitrogen functional groups attached to an aromatic ring is 1.